The Kier molecular flexibility index (Phi) is 7.07. The van der Waals surface area contributed by atoms with Gasteiger partial charge in [0.25, 0.3) is 5.91 Å². The number of hydrogen-bond donors (Lipinski definition) is 2. The van der Waals surface area contributed by atoms with Crippen molar-refractivity contribution >= 4 is 23.4 Å². The van der Waals surface area contributed by atoms with E-state index in [4.69, 9.17) is 20.9 Å². The standard InChI is InChI=1S/C26H29F2N5O3/c1-4-19-22(23(29)32-25(30)31-19)15-7-8-21-20(11-15)33(9-6-10-35-3)24(34)26(5-2,36-21)16-12-17(27)14-18(28)13-16/h7-8,11-14H,4-6,9-10H2,1-3H3,(H4,29,30,31,32). The Morgan fingerprint density at radius 2 is 1.81 bits per heavy atom. The molecule has 0 radical (unpaired) electrons. The Hall–Kier alpha value is -3.79. The smallest absolute Gasteiger partial charge is 0.276 e. The molecule has 3 aromatic rings. The Balaban J connectivity index is 1.88. The quantitative estimate of drug-likeness (QED) is 0.448. The molecule has 1 aliphatic heterocycles. The summed E-state index contributed by atoms with van der Waals surface area (Å²) in [6, 6.07) is 8.33. The van der Waals surface area contributed by atoms with E-state index < -0.39 is 23.1 Å². The molecule has 4 N–H and O–H groups in total. The Labute approximate surface area is 208 Å². The van der Waals surface area contributed by atoms with E-state index in [1.807, 2.05) is 6.92 Å². The van der Waals surface area contributed by atoms with Gasteiger partial charge < -0.3 is 25.8 Å². The largest absolute Gasteiger partial charge is 0.470 e. The maximum absolute atomic E-state index is 14.2. The maximum Gasteiger partial charge on any atom is 0.276 e. The fourth-order valence-electron chi connectivity index (χ4n) is 4.63. The molecular weight excluding hydrogens is 468 g/mol. The number of aromatic nitrogens is 2. The van der Waals surface area contributed by atoms with Crippen molar-refractivity contribution in [2.24, 2.45) is 0 Å². The van der Waals surface area contributed by atoms with E-state index in [1.54, 1.807) is 37.1 Å². The molecule has 0 saturated carbocycles. The van der Waals surface area contributed by atoms with Crippen LogP contribution in [0.2, 0.25) is 0 Å². The summed E-state index contributed by atoms with van der Waals surface area (Å²) in [5, 5.41) is 0. The van der Waals surface area contributed by atoms with Crippen LogP contribution in [-0.4, -0.2) is 36.1 Å². The zero-order chi connectivity index (χ0) is 26.0. The minimum Gasteiger partial charge on any atom is -0.470 e. The van der Waals surface area contributed by atoms with Crippen molar-refractivity contribution in [1.29, 1.82) is 0 Å². The summed E-state index contributed by atoms with van der Waals surface area (Å²) in [6.07, 6.45) is 1.27. The molecule has 2 aromatic carbocycles. The van der Waals surface area contributed by atoms with Gasteiger partial charge in [0.1, 0.15) is 23.2 Å². The van der Waals surface area contributed by atoms with E-state index in [0.29, 0.717) is 54.3 Å². The van der Waals surface area contributed by atoms with E-state index in [9.17, 15) is 13.6 Å². The predicted octanol–water partition coefficient (Wildman–Crippen LogP) is 4.22. The van der Waals surface area contributed by atoms with Crippen molar-refractivity contribution in [2.75, 3.05) is 36.6 Å². The SMILES string of the molecule is CCc1nc(N)nc(N)c1-c1ccc2c(c1)N(CCCOC)C(=O)C(CC)(c1cc(F)cc(F)c1)O2. The fourth-order valence-corrected chi connectivity index (χ4v) is 4.63. The van der Waals surface area contributed by atoms with Gasteiger partial charge in [-0.1, -0.05) is 19.9 Å². The monoisotopic (exact) mass is 497 g/mol. The van der Waals surface area contributed by atoms with Crippen LogP contribution in [0.4, 0.5) is 26.2 Å². The molecule has 10 heteroatoms. The first-order chi connectivity index (χ1) is 17.2. The van der Waals surface area contributed by atoms with Crippen LogP contribution in [0.3, 0.4) is 0 Å². The van der Waals surface area contributed by atoms with Crippen LogP contribution in [0.15, 0.2) is 36.4 Å². The van der Waals surface area contributed by atoms with Crippen LogP contribution in [0.25, 0.3) is 11.1 Å². The van der Waals surface area contributed by atoms with Crippen LogP contribution in [0, 0.1) is 11.6 Å². The normalized spacial score (nSPS) is 17.1. The molecule has 1 unspecified atom stereocenters. The van der Waals surface area contributed by atoms with Gasteiger partial charge in [0.15, 0.2) is 0 Å². The highest BCUT2D eigenvalue weighted by molar-refractivity contribution is 6.04. The summed E-state index contributed by atoms with van der Waals surface area (Å²) >= 11 is 0. The first-order valence-electron chi connectivity index (χ1n) is 11.8. The fraction of sp³-hybridized carbons (Fsp3) is 0.346. The van der Waals surface area contributed by atoms with Gasteiger partial charge in [-0.25, -0.2) is 13.8 Å². The number of ether oxygens (including phenoxy) is 2. The van der Waals surface area contributed by atoms with E-state index in [2.05, 4.69) is 9.97 Å². The number of nitrogens with two attached hydrogens (primary N) is 2. The lowest BCUT2D eigenvalue weighted by atomic mass is 9.87. The van der Waals surface area contributed by atoms with Gasteiger partial charge in [-0.15, -0.1) is 0 Å². The van der Waals surface area contributed by atoms with Crippen LogP contribution in [-0.2, 0) is 21.6 Å². The zero-order valence-corrected chi connectivity index (χ0v) is 20.5. The first kappa shape index (κ1) is 25.3. The topological polar surface area (TPSA) is 117 Å². The molecule has 2 heterocycles. The van der Waals surface area contributed by atoms with Gasteiger partial charge in [-0.3, -0.25) is 4.79 Å². The number of nitrogen functional groups attached to an aromatic ring is 2. The number of halogens is 2. The van der Waals surface area contributed by atoms with Gasteiger partial charge in [-0.2, -0.15) is 4.98 Å². The van der Waals surface area contributed by atoms with E-state index in [1.165, 1.54) is 0 Å². The predicted molar refractivity (Wildman–Crippen MR) is 133 cm³/mol. The zero-order valence-electron chi connectivity index (χ0n) is 20.5. The van der Waals surface area contributed by atoms with Crippen molar-refractivity contribution in [3.05, 3.63) is 59.3 Å². The first-order valence-corrected chi connectivity index (χ1v) is 11.8. The van der Waals surface area contributed by atoms with E-state index in [0.717, 1.165) is 18.2 Å². The van der Waals surface area contributed by atoms with E-state index >= 15 is 0 Å². The summed E-state index contributed by atoms with van der Waals surface area (Å²) in [5.74, 6) is -1.28. The van der Waals surface area contributed by atoms with Crippen LogP contribution in [0.1, 0.15) is 37.9 Å². The second kappa shape index (κ2) is 10.1. The number of amides is 1. The molecule has 1 amide bonds. The number of benzene rings is 2. The minimum atomic E-state index is -1.59. The average molecular weight is 498 g/mol. The number of carbonyl (C=O) groups excluding carboxylic acids is 1. The number of nitrogens with zero attached hydrogens (tertiary/aromatic N) is 3. The summed E-state index contributed by atoms with van der Waals surface area (Å²) in [6.45, 7) is 4.40. The molecule has 1 aromatic heterocycles. The second-order valence-corrected chi connectivity index (χ2v) is 8.57. The van der Waals surface area contributed by atoms with Crippen molar-refractivity contribution in [1.82, 2.24) is 9.97 Å². The molecule has 0 spiro atoms. The van der Waals surface area contributed by atoms with Gasteiger partial charge in [0.05, 0.1) is 11.4 Å². The lowest BCUT2D eigenvalue weighted by Gasteiger charge is -2.43. The van der Waals surface area contributed by atoms with Crippen molar-refractivity contribution in [2.45, 2.75) is 38.7 Å². The van der Waals surface area contributed by atoms with Crippen LogP contribution >= 0.6 is 0 Å². The molecule has 190 valence electrons. The average Bonchev–Trinajstić information content (AvgIpc) is 2.84. The Morgan fingerprint density at radius 1 is 1.08 bits per heavy atom. The van der Waals surface area contributed by atoms with Crippen molar-refractivity contribution in [3.8, 4) is 16.9 Å². The van der Waals surface area contributed by atoms with Gasteiger partial charge >= 0.3 is 0 Å². The number of rotatable bonds is 8. The minimum absolute atomic E-state index is 0.0841. The number of carbonyl (C=O) groups is 1. The molecule has 0 bridgehead atoms. The molecule has 0 fully saturated rings. The van der Waals surface area contributed by atoms with Gasteiger partial charge in [0.2, 0.25) is 11.5 Å². The summed E-state index contributed by atoms with van der Waals surface area (Å²) in [4.78, 5) is 24.0. The third-order valence-electron chi connectivity index (χ3n) is 6.33. The molecule has 1 atom stereocenters. The Morgan fingerprint density at radius 3 is 2.44 bits per heavy atom. The van der Waals surface area contributed by atoms with Crippen molar-refractivity contribution < 1.29 is 23.0 Å². The highest BCUT2D eigenvalue weighted by atomic mass is 19.1. The summed E-state index contributed by atoms with van der Waals surface area (Å²) in [7, 11) is 1.58. The maximum atomic E-state index is 14.2. The van der Waals surface area contributed by atoms with Crippen LogP contribution in [0.5, 0.6) is 5.75 Å². The molecule has 8 nitrogen and oxygen atoms in total. The van der Waals surface area contributed by atoms with Crippen LogP contribution < -0.4 is 21.1 Å². The molecule has 0 saturated heterocycles. The number of anilines is 3. The molecule has 36 heavy (non-hydrogen) atoms. The third kappa shape index (κ3) is 4.44. The molecule has 0 aliphatic carbocycles. The van der Waals surface area contributed by atoms with E-state index in [-0.39, 0.29) is 23.8 Å². The summed E-state index contributed by atoms with van der Waals surface area (Å²) in [5.41, 5.74) is 13.0. The second-order valence-electron chi connectivity index (χ2n) is 8.57. The highest BCUT2D eigenvalue weighted by Crippen LogP contribution is 2.46. The van der Waals surface area contributed by atoms with Crippen molar-refractivity contribution in [3.63, 3.8) is 0 Å². The number of hydrogen-bond acceptors (Lipinski definition) is 7. The summed E-state index contributed by atoms with van der Waals surface area (Å²) < 4.78 is 39.8. The molecule has 4 rings (SSSR count). The molecule has 1 aliphatic rings. The number of methoxy groups -OCH3 is 1. The lowest BCUT2D eigenvalue weighted by Crippen LogP contribution is -2.54. The Bertz CT molecular complexity index is 1280. The number of fused-ring (bicyclic) bond motifs is 1. The lowest BCUT2D eigenvalue weighted by molar-refractivity contribution is -0.137. The van der Waals surface area contributed by atoms with Gasteiger partial charge in [0, 0.05) is 37.5 Å². The van der Waals surface area contributed by atoms with Gasteiger partial charge in [-0.05, 0) is 49.1 Å². The third-order valence-corrected chi connectivity index (χ3v) is 6.33. The highest BCUT2D eigenvalue weighted by Gasteiger charge is 2.49. The molecular formula is C26H29F2N5O3. The number of aryl methyl sites for hydroxylation is 1.